The predicted molar refractivity (Wildman–Crippen MR) is 75.9 cm³/mol. The molecule has 2 rings (SSSR count). The highest BCUT2D eigenvalue weighted by molar-refractivity contribution is 6.16. The highest BCUT2D eigenvalue weighted by atomic mass is 16.5. The molecule has 2 fully saturated rings. The Balaban J connectivity index is 2.31. The molecule has 0 saturated carbocycles. The summed E-state index contributed by atoms with van der Waals surface area (Å²) in [6.45, 7) is 1.60. The fourth-order valence-electron chi connectivity index (χ4n) is 3.28. The molecule has 0 unspecified atom stereocenters. The molecule has 0 bridgehead atoms. The molecule has 122 valence electrons. The fraction of sp³-hybridized carbons (Fsp3) is 0.714. The molecule has 22 heavy (non-hydrogen) atoms. The number of ether oxygens (including phenoxy) is 1. The fourth-order valence-corrected chi connectivity index (χ4v) is 3.28. The van der Waals surface area contributed by atoms with Crippen molar-refractivity contribution in [3.63, 3.8) is 0 Å². The van der Waals surface area contributed by atoms with Gasteiger partial charge in [-0.15, -0.1) is 0 Å². The molecule has 0 spiro atoms. The topological polar surface area (TPSA) is 119 Å². The van der Waals surface area contributed by atoms with Gasteiger partial charge >= 0.3 is 12.0 Å². The first-order valence-electron chi connectivity index (χ1n) is 7.41. The van der Waals surface area contributed by atoms with Crippen molar-refractivity contribution in [1.82, 2.24) is 10.2 Å². The van der Waals surface area contributed by atoms with Gasteiger partial charge in [-0.25, -0.2) is 4.79 Å². The largest absolute Gasteiger partial charge is 0.458 e. The molecule has 2 aliphatic rings. The number of Topliss-reactive ketones (excluding diaryl/α,β-unsaturated/α-hetero) is 2. The Bertz CT molecular complexity index is 501. The Labute approximate surface area is 128 Å². The normalized spacial score (nSPS) is 27.7. The van der Waals surface area contributed by atoms with E-state index in [1.165, 1.54) is 6.92 Å². The molecule has 2 atom stereocenters. The number of carbonyl (C=O) groups excluding carboxylic acids is 4. The molecule has 0 aromatic rings. The summed E-state index contributed by atoms with van der Waals surface area (Å²) >= 11 is 0. The predicted octanol–water partition coefficient (Wildman–Crippen LogP) is -0.647. The number of esters is 1. The lowest BCUT2D eigenvalue weighted by atomic mass is 9.82. The zero-order chi connectivity index (χ0) is 16.3. The van der Waals surface area contributed by atoms with Crippen LogP contribution in [0.1, 0.15) is 32.6 Å². The first-order valence-corrected chi connectivity index (χ1v) is 7.41. The number of primary amides is 1. The highest BCUT2D eigenvalue weighted by Gasteiger charge is 2.56. The molecular weight excluding hydrogens is 290 g/mol. The molecule has 8 heteroatoms. The molecule has 2 amide bonds. The van der Waals surface area contributed by atoms with E-state index in [-0.39, 0.29) is 18.7 Å². The van der Waals surface area contributed by atoms with Gasteiger partial charge in [0.1, 0.15) is 0 Å². The van der Waals surface area contributed by atoms with Gasteiger partial charge in [0.05, 0.1) is 6.04 Å². The van der Waals surface area contributed by atoms with Gasteiger partial charge in [-0.2, -0.15) is 0 Å². The molecule has 3 N–H and O–H groups in total. The summed E-state index contributed by atoms with van der Waals surface area (Å²) in [4.78, 5) is 49.3. The number of ketones is 2. The number of urea groups is 1. The van der Waals surface area contributed by atoms with Gasteiger partial charge in [-0.1, -0.05) is 0 Å². The van der Waals surface area contributed by atoms with Crippen molar-refractivity contribution in [1.29, 1.82) is 0 Å². The Morgan fingerprint density at radius 2 is 2.05 bits per heavy atom. The number of hydrogen-bond donors (Lipinski definition) is 2. The minimum atomic E-state index is -1.61. The maximum absolute atomic E-state index is 12.9. The summed E-state index contributed by atoms with van der Waals surface area (Å²) in [5.41, 5.74) is 3.75. The van der Waals surface area contributed by atoms with Gasteiger partial charge in [0, 0.05) is 13.5 Å². The van der Waals surface area contributed by atoms with Crippen LogP contribution in [0.2, 0.25) is 0 Å². The number of amides is 2. The minimum Gasteiger partial charge on any atom is -0.458 e. The summed E-state index contributed by atoms with van der Waals surface area (Å²) < 4.78 is 4.74. The van der Waals surface area contributed by atoms with Crippen LogP contribution in [0, 0.1) is 0 Å². The molecule has 0 aliphatic carbocycles. The monoisotopic (exact) mass is 311 g/mol. The van der Waals surface area contributed by atoms with E-state index in [0.717, 1.165) is 11.3 Å². The number of rotatable bonds is 5. The van der Waals surface area contributed by atoms with Crippen molar-refractivity contribution in [3.8, 4) is 0 Å². The van der Waals surface area contributed by atoms with Gasteiger partial charge in [0.15, 0.2) is 17.9 Å². The molecule has 0 radical (unpaired) electrons. The maximum atomic E-state index is 12.9. The lowest BCUT2D eigenvalue weighted by Crippen LogP contribution is -2.64. The number of hydrogen-bond acceptors (Lipinski definition) is 6. The standard InChI is InChI=1S/C14H21N3O5/c1-9(18)22-8-11(19)14(5-3-7-17(14)13(15)21)12(20)10-4-2-6-16-10/h10,16H,2-8H2,1H3,(H2,15,21)/t10-,14+/m0/s1. The van der Waals surface area contributed by atoms with Gasteiger partial charge in [-0.05, 0) is 32.2 Å². The first-order chi connectivity index (χ1) is 10.4. The first kappa shape index (κ1) is 16.4. The van der Waals surface area contributed by atoms with Gasteiger partial charge in [0.25, 0.3) is 0 Å². The third-order valence-corrected chi connectivity index (χ3v) is 4.30. The molecular formula is C14H21N3O5. The van der Waals surface area contributed by atoms with E-state index in [4.69, 9.17) is 10.5 Å². The van der Waals surface area contributed by atoms with Crippen LogP contribution in [0.5, 0.6) is 0 Å². The van der Waals surface area contributed by atoms with E-state index in [1.54, 1.807) is 0 Å². The van der Waals surface area contributed by atoms with Crippen molar-refractivity contribution >= 4 is 23.6 Å². The third-order valence-electron chi connectivity index (χ3n) is 4.30. The van der Waals surface area contributed by atoms with Gasteiger partial charge < -0.3 is 20.7 Å². The van der Waals surface area contributed by atoms with E-state index in [1.807, 2.05) is 0 Å². The lowest BCUT2D eigenvalue weighted by molar-refractivity contribution is -0.152. The van der Waals surface area contributed by atoms with Crippen LogP contribution in [0.15, 0.2) is 0 Å². The minimum absolute atomic E-state index is 0.215. The van der Waals surface area contributed by atoms with E-state index in [9.17, 15) is 19.2 Å². The average molecular weight is 311 g/mol. The van der Waals surface area contributed by atoms with Crippen LogP contribution in [0.3, 0.4) is 0 Å². The van der Waals surface area contributed by atoms with E-state index in [0.29, 0.717) is 19.4 Å². The lowest BCUT2D eigenvalue weighted by Gasteiger charge is -2.36. The number of likely N-dealkylation sites (tertiary alicyclic amines) is 1. The van der Waals surface area contributed by atoms with Crippen LogP contribution in [-0.2, 0) is 19.1 Å². The Hall–Kier alpha value is -1.96. The number of nitrogens with two attached hydrogens (primary N) is 1. The van der Waals surface area contributed by atoms with Crippen LogP contribution < -0.4 is 11.1 Å². The SMILES string of the molecule is CC(=O)OCC(=O)[C@@]1(C(=O)[C@@H]2CCCN2)CCCN1C(N)=O. The van der Waals surface area contributed by atoms with Crippen molar-refractivity contribution < 1.29 is 23.9 Å². The number of nitrogens with zero attached hydrogens (tertiary/aromatic N) is 1. The number of nitrogens with one attached hydrogen (secondary N) is 1. The van der Waals surface area contributed by atoms with E-state index in [2.05, 4.69) is 5.32 Å². The second kappa shape index (κ2) is 6.43. The Kier molecular flexibility index (Phi) is 4.80. The van der Waals surface area contributed by atoms with Crippen LogP contribution in [0.25, 0.3) is 0 Å². The quantitative estimate of drug-likeness (QED) is 0.514. The van der Waals surface area contributed by atoms with Crippen LogP contribution in [-0.4, -0.2) is 59.7 Å². The van der Waals surface area contributed by atoms with Crippen LogP contribution in [0.4, 0.5) is 4.79 Å². The van der Waals surface area contributed by atoms with Crippen LogP contribution >= 0.6 is 0 Å². The number of carbonyl (C=O) groups is 4. The second-order valence-electron chi connectivity index (χ2n) is 5.67. The highest BCUT2D eigenvalue weighted by Crippen LogP contribution is 2.33. The Morgan fingerprint density at radius 1 is 1.32 bits per heavy atom. The molecule has 2 aliphatic heterocycles. The zero-order valence-electron chi connectivity index (χ0n) is 12.6. The zero-order valence-corrected chi connectivity index (χ0v) is 12.6. The van der Waals surface area contributed by atoms with Crippen molar-refractivity contribution in [2.75, 3.05) is 19.7 Å². The van der Waals surface area contributed by atoms with E-state index >= 15 is 0 Å². The molecule has 8 nitrogen and oxygen atoms in total. The molecule has 0 aromatic carbocycles. The van der Waals surface area contributed by atoms with E-state index < -0.39 is 36.0 Å². The van der Waals surface area contributed by atoms with Crippen molar-refractivity contribution in [2.45, 2.75) is 44.2 Å². The smallest absolute Gasteiger partial charge is 0.315 e. The maximum Gasteiger partial charge on any atom is 0.315 e. The summed E-state index contributed by atoms with van der Waals surface area (Å²) in [5, 5.41) is 3.05. The third kappa shape index (κ3) is 2.83. The van der Waals surface area contributed by atoms with Crippen molar-refractivity contribution in [2.24, 2.45) is 5.73 Å². The average Bonchev–Trinajstić information content (AvgIpc) is 3.13. The summed E-state index contributed by atoms with van der Waals surface area (Å²) in [7, 11) is 0. The Morgan fingerprint density at radius 3 is 2.59 bits per heavy atom. The second-order valence-corrected chi connectivity index (χ2v) is 5.67. The summed E-state index contributed by atoms with van der Waals surface area (Å²) in [6.07, 6.45) is 2.18. The van der Waals surface area contributed by atoms with Gasteiger partial charge in [0.2, 0.25) is 5.78 Å². The molecule has 2 heterocycles. The molecule has 0 aromatic heterocycles. The van der Waals surface area contributed by atoms with Gasteiger partial charge in [-0.3, -0.25) is 14.4 Å². The van der Waals surface area contributed by atoms with Crippen molar-refractivity contribution in [3.05, 3.63) is 0 Å². The molecule has 2 saturated heterocycles. The summed E-state index contributed by atoms with van der Waals surface area (Å²) in [5.74, 6) is -1.55. The summed E-state index contributed by atoms with van der Waals surface area (Å²) in [6, 6.07) is -1.28.